The average molecular weight is 647 g/mol. The third-order valence-corrected chi connectivity index (χ3v) is 9.38. The van der Waals surface area contributed by atoms with Crippen LogP contribution in [0.1, 0.15) is 69.2 Å². The Morgan fingerprint density at radius 3 is 2.27 bits per heavy atom. The number of fused-ring (bicyclic) bond motifs is 3. The molecule has 0 aliphatic heterocycles. The molecule has 0 N–H and O–H groups in total. The van der Waals surface area contributed by atoms with Gasteiger partial charge in [0.05, 0.1) is 22.9 Å². The molecule has 3 aromatic heterocycles. The van der Waals surface area contributed by atoms with Crippen LogP contribution in [0.15, 0.2) is 110 Å². The summed E-state index contributed by atoms with van der Waals surface area (Å²) in [5.74, 6) is 3.10. The number of pyridine rings is 1. The number of para-hydroxylation sites is 1. The van der Waals surface area contributed by atoms with E-state index in [2.05, 4.69) is 130 Å². The van der Waals surface area contributed by atoms with E-state index in [1.807, 2.05) is 23.1 Å². The van der Waals surface area contributed by atoms with Crippen molar-refractivity contribution in [3.05, 3.63) is 132 Å². The molecule has 0 aliphatic rings. The van der Waals surface area contributed by atoms with Crippen molar-refractivity contribution in [2.75, 3.05) is 0 Å². The third-order valence-electron chi connectivity index (χ3n) is 9.38. The average Bonchev–Trinajstić information content (AvgIpc) is 3.71. The van der Waals surface area contributed by atoms with Gasteiger partial charge in [0.2, 0.25) is 0 Å². The molecule has 248 valence electrons. The predicted octanol–water partition coefficient (Wildman–Crippen LogP) is 11.6. The number of aromatic nitrogens is 4. The smallest absolute Gasteiger partial charge is 0.137 e. The fourth-order valence-corrected chi connectivity index (χ4v) is 7.05. The summed E-state index contributed by atoms with van der Waals surface area (Å²) < 4.78 is 11.0. The summed E-state index contributed by atoms with van der Waals surface area (Å²) in [7, 11) is 0. The quantitative estimate of drug-likeness (QED) is 0.133. The first-order valence-electron chi connectivity index (χ1n) is 17.9. The molecular weight excluding hydrogens is 601 g/mol. The van der Waals surface area contributed by atoms with Gasteiger partial charge >= 0.3 is 0 Å². The summed E-state index contributed by atoms with van der Waals surface area (Å²) in [5.41, 5.74) is 10.9. The fourth-order valence-electron chi connectivity index (χ4n) is 7.05. The van der Waals surface area contributed by atoms with Crippen LogP contribution in [-0.2, 0) is 19.3 Å². The molecule has 4 aromatic carbocycles. The number of ether oxygens (including phenoxy) is 1. The van der Waals surface area contributed by atoms with Crippen molar-refractivity contribution in [3.63, 3.8) is 0 Å². The third kappa shape index (κ3) is 6.76. The Hall–Kier alpha value is -5.16. The predicted molar refractivity (Wildman–Crippen MR) is 204 cm³/mol. The van der Waals surface area contributed by atoms with Crippen molar-refractivity contribution >= 4 is 21.8 Å². The lowest BCUT2D eigenvalue weighted by Gasteiger charge is -2.14. The summed E-state index contributed by atoms with van der Waals surface area (Å²) in [6.07, 6.45) is 12.5. The molecule has 0 radical (unpaired) electrons. The van der Waals surface area contributed by atoms with E-state index in [4.69, 9.17) is 14.8 Å². The first-order chi connectivity index (χ1) is 23.9. The van der Waals surface area contributed by atoms with Crippen molar-refractivity contribution in [1.82, 2.24) is 19.3 Å². The van der Waals surface area contributed by atoms with E-state index in [0.717, 1.165) is 72.6 Å². The van der Waals surface area contributed by atoms with Gasteiger partial charge in [0.1, 0.15) is 17.3 Å². The van der Waals surface area contributed by atoms with Crippen molar-refractivity contribution < 1.29 is 4.74 Å². The van der Waals surface area contributed by atoms with Crippen LogP contribution >= 0.6 is 0 Å². The number of rotatable bonds is 12. The largest absolute Gasteiger partial charge is 0.457 e. The monoisotopic (exact) mass is 646 g/mol. The maximum atomic E-state index is 6.73. The second-order valence-corrected chi connectivity index (χ2v) is 13.7. The molecule has 0 saturated heterocycles. The van der Waals surface area contributed by atoms with Crippen LogP contribution in [0.5, 0.6) is 11.5 Å². The minimum absolute atomic E-state index is 0.607. The number of benzene rings is 4. The van der Waals surface area contributed by atoms with Gasteiger partial charge in [0.15, 0.2) is 0 Å². The number of hydrogen-bond acceptors (Lipinski definition) is 3. The van der Waals surface area contributed by atoms with E-state index in [9.17, 15) is 0 Å². The van der Waals surface area contributed by atoms with E-state index >= 15 is 0 Å². The highest BCUT2D eigenvalue weighted by Crippen LogP contribution is 2.36. The van der Waals surface area contributed by atoms with Crippen molar-refractivity contribution in [1.29, 1.82) is 0 Å². The van der Waals surface area contributed by atoms with Gasteiger partial charge in [-0.25, -0.2) is 9.67 Å². The summed E-state index contributed by atoms with van der Waals surface area (Å²) in [6, 6.07) is 32.4. The molecule has 0 saturated carbocycles. The Balaban J connectivity index is 1.29. The molecule has 0 amide bonds. The molecular formula is C44H46N4O. The van der Waals surface area contributed by atoms with Gasteiger partial charge in [-0.05, 0) is 109 Å². The maximum absolute atomic E-state index is 6.73. The van der Waals surface area contributed by atoms with E-state index in [0.29, 0.717) is 5.92 Å². The Bertz CT molecular complexity index is 2210. The van der Waals surface area contributed by atoms with Crippen LogP contribution in [0.25, 0.3) is 44.4 Å². The van der Waals surface area contributed by atoms with Crippen molar-refractivity contribution in [2.45, 2.75) is 73.1 Å². The normalized spacial score (nSPS) is 11.6. The number of nitrogens with zero attached hydrogens (tertiary/aromatic N) is 4. The summed E-state index contributed by atoms with van der Waals surface area (Å²) in [5, 5.41) is 7.29. The maximum Gasteiger partial charge on any atom is 0.137 e. The molecule has 0 unspecified atom stereocenters. The zero-order valence-electron chi connectivity index (χ0n) is 29.4. The van der Waals surface area contributed by atoms with Gasteiger partial charge in [0.25, 0.3) is 0 Å². The topological polar surface area (TPSA) is 44.9 Å². The SMILES string of the molecule is CCCc1cccc(CCC)c1-c1cnn(-c2cc(CCC(C)C)cc(Oc3ccc4c5ccccc5n(-c5cc(C)ccn5)c4c3)c2)c1. The first-order valence-corrected chi connectivity index (χ1v) is 17.9. The van der Waals surface area contributed by atoms with Crippen LogP contribution in [0.2, 0.25) is 0 Å². The molecule has 7 rings (SSSR count). The fraction of sp³-hybridized carbons (Fsp3) is 0.273. The lowest BCUT2D eigenvalue weighted by molar-refractivity contribution is 0.481. The second kappa shape index (κ2) is 14.1. The van der Waals surface area contributed by atoms with Gasteiger partial charge in [-0.1, -0.05) is 76.9 Å². The zero-order chi connectivity index (χ0) is 33.9. The molecule has 0 aliphatic carbocycles. The molecule has 49 heavy (non-hydrogen) atoms. The molecule has 0 fully saturated rings. The second-order valence-electron chi connectivity index (χ2n) is 13.7. The lowest BCUT2D eigenvalue weighted by atomic mass is 9.92. The molecule has 3 heterocycles. The standard InChI is InChI=1S/C44H46N4O/c1-6-11-33-13-10-14-34(12-7-2)44(33)35-28-46-47(29-35)36-24-32(18-17-30(3)4)25-38(26-36)49-37-19-20-40-39-15-8-9-16-41(39)48(42(40)27-37)43-23-31(5)21-22-45-43/h8-10,13-16,19-30H,6-7,11-12,17-18H2,1-5H3. The van der Waals surface area contributed by atoms with Crippen molar-refractivity contribution in [3.8, 4) is 34.1 Å². The van der Waals surface area contributed by atoms with Gasteiger partial charge in [-0.2, -0.15) is 5.10 Å². The van der Waals surface area contributed by atoms with Gasteiger partial charge in [0, 0.05) is 40.9 Å². The van der Waals surface area contributed by atoms with Crippen LogP contribution in [0, 0.1) is 12.8 Å². The Morgan fingerprint density at radius 2 is 1.51 bits per heavy atom. The Labute approximate surface area is 290 Å². The Morgan fingerprint density at radius 1 is 0.735 bits per heavy atom. The van der Waals surface area contributed by atoms with E-state index in [-0.39, 0.29) is 0 Å². The number of aryl methyl sites for hydroxylation is 4. The summed E-state index contributed by atoms with van der Waals surface area (Å²) in [6.45, 7) is 11.2. The minimum atomic E-state index is 0.607. The molecule has 5 heteroatoms. The molecule has 0 spiro atoms. The first kappa shape index (κ1) is 32.4. The zero-order valence-corrected chi connectivity index (χ0v) is 29.4. The lowest BCUT2D eigenvalue weighted by Crippen LogP contribution is -2.00. The van der Waals surface area contributed by atoms with E-state index in [1.54, 1.807) is 0 Å². The van der Waals surface area contributed by atoms with Crippen LogP contribution < -0.4 is 4.74 Å². The molecule has 0 bridgehead atoms. The highest BCUT2D eigenvalue weighted by Gasteiger charge is 2.16. The summed E-state index contributed by atoms with van der Waals surface area (Å²) >= 11 is 0. The van der Waals surface area contributed by atoms with Crippen LogP contribution in [0.4, 0.5) is 0 Å². The van der Waals surface area contributed by atoms with Gasteiger partial charge in [-0.15, -0.1) is 0 Å². The highest BCUT2D eigenvalue weighted by atomic mass is 16.5. The summed E-state index contributed by atoms with van der Waals surface area (Å²) in [4.78, 5) is 4.75. The van der Waals surface area contributed by atoms with Gasteiger partial charge < -0.3 is 4.74 Å². The van der Waals surface area contributed by atoms with Crippen molar-refractivity contribution in [2.24, 2.45) is 5.92 Å². The highest BCUT2D eigenvalue weighted by molar-refractivity contribution is 6.09. The number of hydrogen-bond donors (Lipinski definition) is 0. The molecule has 5 nitrogen and oxygen atoms in total. The molecule has 0 atom stereocenters. The van der Waals surface area contributed by atoms with E-state index < -0.39 is 0 Å². The minimum Gasteiger partial charge on any atom is -0.457 e. The van der Waals surface area contributed by atoms with Gasteiger partial charge in [-0.3, -0.25) is 4.57 Å². The Kier molecular flexibility index (Phi) is 9.34. The van der Waals surface area contributed by atoms with Crippen LogP contribution in [0.3, 0.4) is 0 Å². The van der Waals surface area contributed by atoms with Crippen LogP contribution in [-0.4, -0.2) is 19.3 Å². The molecule has 7 aromatic rings. The van der Waals surface area contributed by atoms with E-state index in [1.165, 1.54) is 44.2 Å².